The molecule has 0 unspecified atom stereocenters. The van der Waals surface area contributed by atoms with Crippen molar-refractivity contribution < 1.29 is 0 Å². The van der Waals surface area contributed by atoms with Gasteiger partial charge in [0, 0.05) is 16.4 Å². The SMILES string of the molecule is Brc1ccc2c(c1)C(c1ccccc1)(c1ccccc1)c1cc(-n3ccc4ccccc43)ccc1-2. The van der Waals surface area contributed by atoms with Gasteiger partial charge in [0.05, 0.1) is 10.9 Å². The summed E-state index contributed by atoms with van der Waals surface area (Å²) in [5.41, 5.74) is 9.75. The van der Waals surface area contributed by atoms with Crippen LogP contribution in [0.25, 0.3) is 27.7 Å². The number of para-hydroxylation sites is 1. The summed E-state index contributed by atoms with van der Waals surface area (Å²) < 4.78 is 3.40. The summed E-state index contributed by atoms with van der Waals surface area (Å²) in [5.74, 6) is 0. The highest BCUT2D eigenvalue weighted by molar-refractivity contribution is 9.10. The third kappa shape index (κ3) is 2.93. The van der Waals surface area contributed by atoms with E-state index < -0.39 is 5.41 Å². The first-order chi connectivity index (χ1) is 17.3. The first-order valence-electron chi connectivity index (χ1n) is 11.9. The number of hydrogen-bond acceptors (Lipinski definition) is 0. The van der Waals surface area contributed by atoms with Gasteiger partial charge in [-0.15, -0.1) is 0 Å². The Bertz CT molecular complexity index is 1660. The topological polar surface area (TPSA) is 4.93 Å². The van der Waals surface area contributed by atoms with E-state index in [1.54, 1.807) is 0 Å². The van der Waals surface area contributed by atoms with Crippen LogP contribution in [0.15, 0.2) is 138 Å². The molecule has 5 aromatic carbocycles. The van der Waals surface area contributed by atoms with E-state index in [1.165, 1.54) is 50.0 Å². The molecule has 7 rings (SSSR count). The molecule has 0 saturated heterocycles. The molecule has 2 heteroatoms. The van der Waals surface area contributed by atoms with Crippen molar-refractivity contribution in [2.45, 2.75) is 5.41 Å². The molecule has 1 nitrogen and oxygen atoms in total. The minimum Gasteiger partial charge on any atom is -0.317 e. The lowest BCUT2D eigenvalue weighted by Crippen LogP contribution is -2.28. The molecule has 0 saturated carbocycles. The lowest BCUT2D eigenvalue weighted by molar-refractivity contribution is 0.766. The number of halogens is 1. The number of rotatable bonds is 3. The van der Waals surface area contributed by atoms with E-state index in [1.807, 2.05) is 0 Å². The molecular formula is C33H22BrN. The molecule has 0 atom stereocenters. The van der Waals surface area contributed by atoms with Crippen molar-refractivity contribution in [1.82, 2.24) is 4.57 Å². The van der Waals surface area contributed by atoms with Crippen molar-refractivity contribution in [3.63, 3.8) is 0 Å². The lowest BCUT2D eigenvalue weighted by atomic mass is 9.67. The Morgan fingerprint density at radius 1 is 0.543 bits per heavy atom. The quantitative estimate of drug-likeness (QED) is 0.223. The van der Waals surface area contributed by atoms with Gasteiger partial charge in [0.2, 0.25) is 0 Å². The third-order valence-electron chi connectivity index (χ3n) is 7.37. The van der Waals surface area contributed by atoms with E-state index >= 15 is 0 Å². The van der Waals surface area contributed by atoms with Crippen LogP contribution in [0.4, 0.5) is 0 Å². The Morgan fingerprint density at radius 3 is 1.86 bits per heavy atom. The highest BCUT2D eigenvalue weighted by Crippen LogP contribution is 2.56. The largest absolute Gasteiger partial charge is 0.317 e. The van der Waals surface area contributed by atoms with Crippen molar-refractivity contribution in [3.8, 4) is 16.8 Å². The van der Waals surface area contributed by atoms with Crippen LogP contribution < -0.4 is 0 Å². The summed E-state index contributed by atoms with van der Waals surface area (Å²) >= 11 is 3.78. The molecule has 0 radical (unpaired) electrons. The highest BCUT2D eigenvalue weighted by atomic mass is 79.9. The molecule has 1 aliphatic carbocycles. The Morgan fingerprint density at radius 2 is 1.14 bits per heavy atom. The molecular weight excluding hydrogens is 490 g/mol. The van der Waals surface area contributed by atoms with E-state index in [0.717, 1.165) is 4.47 Å². The fourth-order valence-corrected chi connectivity index (χ4v) is 6.27. The van der Waals surface area contributed by atoms with Gasteiger partial charge in [-0.1, -0.05) is 107 Å². The molecule has 0 spiro atoms. The van der Waals surface area contributed by atoms with Crippen LogP contribution in [-0.4, -0.2) is 4.57 Å². The monoisotopic (exact) mass is 511 g/mol. The van der Waals surface area contributed by atoms with E-state index in [2.05, 4.69) is 154 Å². The van der Waals surface area contributed by atoms with Gasteiger partial charge in [-0.25, -0.2) is 0 Å². The second kappa shape index (κ2) is 7.83. The van der Waals surface area contributed by atoms with Gasteiger partial charge in [0.1, 0.15) is 0 Å². The Labute approximate surface area is 213 Å². The molecule has 166 valence electrons. The van der Waals surface area contributed by atoms with Crippen LogP contribution in [0.5, 0.6) is 0 Å². The maximum Gasteiger partial charge on any atom is 0.0714 e. The average Bonchev–Trinajstić information content (AvgIpc) is 3.47. The molecule has 35 heavy (non-hydrogen) atoms. The van der Waals surface area contributed by atoms with Crippen LogP contribution in [0.3, 0.4) is 0 Å². The van der Waals surface area contributed by atoms with Crippen molar-refractivity contribution in [2.24, 2.45) is 0 Å². The minimum absolute atomic E-state index is 0.407. The first kappa shape index (κ1) is 20.5. The van der Waals surface area contributed by atoms with Crippen molar-refractivity contribution in [3.05, 3.63) is 160 Å². The average molecular weight is 512 g/mol. The van der Waals surface area contributed by atoms with Gasteiger partial charge >= 0.3 is 0 Å². The van der Waals surface area contributed by atoms with Crippen LogP contribution in [0.1, 0.15) is 22.3 Å². The number of fused-ring (bicyclic) bond motifs is 4. The molecule has 1 aromatic heterocycles. The minimum atomic E-state index is -0.407. The molecule has 0 amide bonds. The molecule has 0 bridgehead atoms. The summed E-state index contributed by atoms with van der Waals surface area (Å²) in [6.07, 6.45) is 2.18. The molecule has 0 aliphatic heterocycles. The summed E-state index contributed by atoms with van der Waals surface area (Å²) in [4.78, 5) is 0. The second-order valence-corrected chi connectivity index (χ2v) is 10.1. The van der Waals surface area contributed by atoms with Crippen LogP contribution in [-0.2, 0) is 5.41 Å². The first-order valence-corrected chi connectivity index (χ1v) is 12.7. The van der Waals surface area contributed by atoms with Crippen LogP contribution >= 0.6 is 15.9 Å². The molecule has 6 aromatic rings. The van der Waals surface area contributed by atoms with Gasteiger partial charge in [-0.3, -0.25) is 0 Å². The van der Waals surface area contributed by atoms with Gasteiger partial charge in [0.15, 0.2) is 0 Å². The summed E-state index contributed by atoms with van der Waals surface area (Å²) in [7, 11) is 0. The summed E-state index contributed by atoms with van der Waals surface area (Å²) in [6.45, 7) is 0. The Balaban J connectivity index is 1.60. The number of aromatic nitrogens is 1. The van der Waals surface area contributed by atoms with E-state index in [-0.39, 0.29) is 0 Å². The van der Waals surface area contributed by atoms with Crippen molar-refractivity contribution in [2.75, 3.05) is 0 Å². The predicted molar refractivity (Wildman–Crippen MR) is 148 cm³/mol. The van der Waals surface area contributed by atoms with Crippen LogP contribution in [0, 0.1) is 0 Å². The van der Waals surface area contributed by atoms with Gasteiger partial charge in [-0.2, -0.15) is 0 Å². The maximum atomic E-state index is 3.78. The highest BCUT2D eigenvalue weighted by Gasteiger charge is 2.46. The molecule has 0 N–H and O–H groups in total. The van der Waals surface area contributed by atoms with E-state index in [4.69, 9.17) is 0 Å². The smallest absolute Gasteiger partial charge is 0.0714 e. The normalized spacial score (nSPS) is 13.5. The predicted octanol–water partition coefficient (Wildman–Crippen LogP) is 8.76. The van der Waals surface area contributed by atoms with Gasteiger partial charge in [0.25, 0.3) is 0 Å². The van der Waals surface area contributed by atoms with E-state index in [0.29, 0.717) is 0 Å². The zero-order valence-corrected chi connectivity index (χ0v) is 20.6. The molecule has 1 heterocycles. The number of nitrogens with zero attached hydrogens (tertiary/aromatic N) is 1. The fraction of sp³-hybridized carbons (Fsp3) is 0.0303. The lowest BCUT2D eigenvalue weighted by Gasteiger charge is -2.34. The fourth-order valence-electron chi connectivity index (χ4n) is 5.91. The summed E-state index contributed by atoms with van der Waals surface area (Å²) in [6, 6.07) is 46.3. The maximum absolute atomic E-state index is 3.78. The third-order valence-corrected chi connectivity index (χ3v) is 7.87. The summed E-state index contributed by atoms with van der Waals surface area (Å²) in [5, 5.41) is 1.25. The standard InChI is InChI=1S/C33H22BrN/c34-26-15-17-28-29-18-16-27(35-20-19-23-9-7-8-14-32(23)35)22-31(29)33(30(28)21-26,24-10-3-1-4-11-24)25-12-5-2-6-13-25/h1-22H. The van der Waals surface area contributed by atoms with Crippen LogP contribution in [0.2, 0.25) is 0 Å². The Hall–Kier alpha value is -3.88. The van der Waals surface area contributed by atoms with Gasteiger partial charge in [-0.05, 0) is 75.2 Å². The number of benzene rings is 5. The Kier molecular flexibility index (Phi) is 4.58. The van der Waals surface area contributed by atoms with Crippen molar-refractivity contribution >= 4 is 26.8 Å². The zero-order chi connectivity index (χ0) is 23.4. The van der Waals surface area contributed by atoms with Gasteiger partial charge < -0.3 is 4.57 Å². The van der Waals surface area contributed by atoms with E-state index in [9.17, 15) is 0 Å². The number of hydrogen-bond donors (Lipinski definition) is 0. The molecule has 0 fully saturated rings. The zero-order valence-electron chi connectivity index (χ0n) is 19.0. The second-order valence-electron chi connectivity index (χ2n) is 9.15. The van der Waals surface area contributed by atoms with Crippen molar-refractivity contribution in [1.29, 1.82) is 0 Å². The molecule has 1 aliphatic rings.